The molecule has 1 N–H and O–H groups in total. The molecule has 0 unspecified atom stereocenters. The first-order valence-electron chi connectivity index (χ1n) is 8.36. The van der Waals surface area contributed by atoms with Crippen LogP contribution in [0, 0.1) is 0 Å². The van der Waals surface area contributed by atoms with Gasteiger partial charge in [-0.2, -0.15) is 0 Å². The van der Waals surface area contributed by atoms with Crippen molar-refractivity contribution >= 4 is 39.5 Å². The maximum atomic E-state index is 12.9. The van der Waals surface area contributed by atoms with Gasteiger partial charge in [0.25, 0.3) is 5.91 Å². The number of hydrogen-bond acceptors (Lipinski definition) is 3. The average molecular weight is 413 g/mol. The highest BCUT2D eigenvalue weighted by atomic mass is 79.9. The number of piperazine rings is 1. The number of amides is 2. The van der Waals surface area contributed by atoms with Gasteiger partial charge in [-0.05, 0) is 25.1 Å². The fourth-order valence-electron chi connectivity index (χ4n) is 3.24. The van der Waals surface area contributed by atoms with Gasteiger partial charge < -0.3 is 14.7 Å². The quantitative estimate of drug-likeness (QED) is 0.794. The smallest absolute Gasteiger partial charge is 0.255 e. The third-order valence-electron chi connectivity index (χ3n) is 4.78. The molecule has 2 saturated heterocycles. The minimum atomic E-state index is -0.329. The number of benzene rings is 1. The van der Waals surface area contributed by atoms with E-state index in [0.29, 0.717) is 17.2 Å². The number of carbonyl (C=O) groups is 2. The van der Waals surface area contributed by atoms with Gasteiger partial charge in [-0.3, -0.25) is 9.59 Å². The van der Waals surface area contributed by atoms with Gasteiger partial charge in [0.1, 0.15) is 6.04 Å². The van der Waals surface area contributed by atoms with Crippen molar-refractivity contribution in [2.45, 2.75) is 13.0 Å². The minimum Gasteiger partial charge on any atom is -0.332 e. The fourth-order valence-corrected chi connectivity index (χ4v) is 4.79. The number of halogens is 1. The van der Waals surface area contributed by atoms with Crippen LogP contribution in [-0.2, 0) is 4.79 Å². The Hall–Kier alpha value is -1.05. The van der Waals surface area contributed by atoms with Crippen LogP contribution in [0.4, 0.5) is 0 Å². The molecule has 2 heterocycles. The van der Waals surface area contributed by atoms with Crippen LogP contribution in [-0.4, -0.2) is 72.0 Å². The SMILES string of the molecule is CC[NH+]1CCN(C(=O)[C@H]2CSCN2C(=O)c2cccc(Br)c2)CC1. The van der Waals surface area contributed by atoms with Gasteiger partial charge in [-0.1, -0.05) is 22.0 Å². The molecule has 0 bridgehead atoms. The highest BCUT2D eigenvalue weighted by molar-refractivity contribution is 9.10. The van der Waals surface area contributed by atoms with Crippen LogP contribution in [0.2, 0.25) is 0 Å². The molecule has 5 nitrogen and oxygen atoms in total. The number of carbonyl (C=O) groups excluding carboxylic acids is 2. The van der Waals surface area contributed by atoms with Crippen molar-refractivity contribution in [2.75, 3.05) is 44.4 Å². The molecular weight excluding hydrogens is 390 g/mol. The number of thioether (sulfide) groups is 1. The zero-order chi connectivity index (χ0) is 17.1. The minimum absolute atomic E-state index is 0.0579. The largest absolute Gasteiger partial charge is 0.332 e. The normalized spacial score (nSPS) is 22.0. The summed E-state index contributed by atoms with van der Waals surface area (Å²) in [7, 11) is 0. The van der Waals surface area contributed by atoms with Crippen molar-refractivity contribution < 1.29 is 14.5 Å². The molecular formula is C17H23BrN3O2S+. The van der Waals surface area contributed by atoms with Crippen LogP contribution < -0.4 is 4.90 Å². The van der Waals surface area contributed by atoms with Gasteiger partial charge in [0, 0.05) is 15.8 Å². The Kier molecular flexibility index (Phi) is 5.84. The van der Waals surface area contributed by atoms with Crippen LogP contribution >= 0.6 is 27.7 Å². The van der Waals surface area contributed by atoms with Gasteiger partial charge in [0.05, 0.1) is 38.6 Å². The highest BCUT2D eigenvalue weighted by Crippen LogP contribution is 2.25. The van der Waals surface area contributed by atoms with Gasteiger partial charge in [0.15, 0.2) is 0 Å². The van der Waals surface area contributed by atoms with Crippen LogP contribution in [0.5, 0.6) is 0 Å². The van der Waals surface area contributed by atoms with E-state index in [2.05, 4.69) is 22.9 Å². The maximum Gasteiger partial charge on any atom is 0.255 e. The second-order valence-electron chi connectivity index (χ2n) is 6.23. The summed E-state index contributed by atoms with van der Waals surface area (Å²) in [6.45, 7) is 6.88. The fraction of sp³-hybridized carbons (Fsp3) is 0.529. The van der Waals surface area contributed by atoms with E-state index < -0.39 is 0 Å². The van der Waals surface area contributed by atoms with Crippen molar-refractivity contribution in [3.05, 3.63) is 34.3 Å². The predicted molar refractivity (Wildman–Crippen MR) is 99.2 cm³/mol. The van der Waals surface area contributed by atoms with E-state index in [1.165, 1.54) is 0 Å². The van der Waals surface area contributed by atoms with E-state index >= 15 is 0 Å². The van der Waals surface area contributed by atoms with Crippen LogP contribution in [0.1, 0.15) is 17.3 Å². The van der Waals surface area contributed by atoms with Crippen LogP contribution in [0.25, 0.3) is 0 Å². The Balaban J connectivity index is 1.69. The van der Waals surface area contributed by atoms with Crippen molar-refractivity contribution in [3.8, 4) is 0 Å². The summed E-state index contributed by atoms with van der Waals surface area (Å²) in [4.78, 5) is 30.9. The van der Waals surface area contributed by atoms with Crippen molar-refractivity contribution in [2.24, 2.45) is 0 Å². The average Bonchev–Trinajstić information content (AvgIpc) is 3.10. The Bertz CT molecular complexity index is 620. The number of hydrogen-bond donors (Lipinski definition) is 1. The molecule has 1 aromatic carbocycles. The molecule has 2 aliphatic rings. The van der Waals surface area contributed by atoms with E-state index in [1.54, 1.807) is 27.6 Å². The lowest BCUT2D eigenvalue weighted by Gasteiger charge is -2.34. The molecule has 0 aromatic heterocycles. The Morgan fingerprint density at radius 2 is 2.08 bits per heavy atom. The molecule has 0 spiro atoms. The number of nitrogens with one attached hydrogen (secondary N) is 1. The number of likely N-dealkylation sites (N-methyl/N-ethyl adjacent to an activating group) is 1. The zero-order valence-electron chi connectivity index (χ0n) is 13.8. The number of rotatable bonds is 3. The molecule has 24 heavy (non-hydrogen) atoms. The van der Waals surface area contributed by atoms with Crippen molar-refractivity contribution in [1.82, 2.24) is 9.80 Å². The molecule has 3 rings (SSSR count). The molecule has 0 saturated carbocycles. The Morgan fingerprint density at radius 3 is 2.75 bits per heavy atom. The van der Waals surface area contributed by atoms with E-state index in [-0.39, 0.29) is 17.9 Å². The summed E-state index contributed by atoms with van der Waals surface area (Å²) in [5, 5.41) is 0. The van der Waals surface area contributed by atoms with Crippen LogP contribution in [0.15, 0.2) is 28.7 Å². The molecule has 1 aromatic rings. The molecule has 2 aliphatic heterocycles. The first kappa shape index (κ1) is 17.8. The first-order valence-corrected chi connectivity index (χ1v) is 10.3. The van der Waals surface area contributed by atoms with Crippen LogP contribution in [0.3, 0.4) is 0 Å². The molecule has 0 radical (unpaired) electrons. The van der Waals surface area contributed by atoms with Crippen molar-refractivity contribution in [1.29, 1.82) is 0 Å². The maximum absolute atomic E-state index is 12.9. The van der Waals surface area contributed by atoms with E-state index in [1.807, 2.05) is 23.1 Å². The summed E-state index contributed by atoms with van der Waals surface area (Å²) in [6, 6.07) is 7.04. The molecule has 0 aliphatic carbocycles. The van der Waals surface area contributed by atoms with E-state index in [4.69, 9.17) is 0 Å². The topological polar surface area (TPSA) is 45.1 Å². The van der Waals surface area contributed by atoms with Gasteiger partial charge in [0.2, 0.25) is 5.91 Å². The molecule has 130 valence electrons. The number of nitrogens with zero attached hydrogens (tertiary/aromatic N) is 2. The summed E-state index contributed by atoms with van der Waals surface area (Å²) in [5.41, 5.74) is 0.630. The second-order valence-corrected chi connectivity index (χ2v) is 8.15. The summed E-state index contributed by atoms with van der Waals surface area (Å²) in [6.07, 6.45) is 0. The lowest BCUT2D eigenvalue weighted by atomic mass is 10.1. The highest BCUT2D eigenvalue weighted by Gasteiger charge is 2.38. The van der Waals surface area contributed by atoms with Crippen molar-refractivity contribution in [3.63, 3.8) is 0 Å². The monoisotopic (exact) mass is 412 g/mol. The molecule has 7 heteroatoms. The Morgan fingerprint density at radius 1 is 1.33 bits per heavy atom. The lowest BCUT2D eigenvalue weighted by molar-refractivity contribution is -0.902. The summed E-state index contributed by atoms with van der Waals surface area (Å²) in [5.74, 6) is 1.33. The molecule has 1 atom stereocenters. The molecule has 2 amide bonds. The molecule has 2 fully saturated rings. The Labute approximate surface area is 155 Å². The third-order valence-corrected chi connectivity index (χ3v) is 6.29. The summed E-state index contributed by atoms with van der Waals surface area (Å²) >= 11 is 5.06. The van der Waals surface area contributed by atoms with Gasteiger partial charge in [-0.25, -0.2) is 0 Å². The van der Waals surface area contributed by atoms with E-state index in [9.17, 15) is 9.59 Å². The summed E-state index contributed by atoms with van der Waals surface area (Å²) < 4.78 is 0.877. The third kappa shape index (κ3) is 3.78. The second kappa shape index (κ2) is 7.89. The van der Waals surface area contributed by atoms with Gasteiger partial charge >= 0.3 is 0 Å². The number of quaternary nitrogens is 1. The standard InChI is InChI=1S/C17H22BrN3O2S/c1-2-19-6-8-20(9-7-19)17(23)15-11-24-12-21(15)16(22)13-4-3-5-14(18)10-13/h3-5,10,15H,2,6-9,11-12H2,1H3/p+1/t15-/m1/s1. The zero-order valence-corrected chi connectivity index (χ0v) is 16.2. The first-order chi connectivity index (χ1) is 11.6. The lowest BCUT2D eigenvalue weighted by Crippen LogP contribution is -3.14. The van der Waals surface area contributed by atoms with E-state index in [0.717, 1.165) is 37.2 Å². The van der Waals surface area contributed by atoms with Gasteiger partial charge in [-0.15, -0.1) is 11.8 Å². The predicted octanol–water partition coefficient (Wildman–Crippen LogP) is 0.711.